The Labute approximate surface area is 111 Å². The Morgan fingerprint density at radius 1 is 1.06 bits per heavy atom. The summed E-state index contributed by atoms with van der Waals surface area (Å²) in [7, 11) is 0. The number of nitriles is 1. The molecule has 0 bridgehead atoms. The summed E-state index contributed by atoms with van der Waals surface area (Å²) in [5.41, 5.74) is 2.79. The van der Waals surface area contributed by atoms with Crippen molar-refractivity contribution in [2.24, 2.45) is 0 Å². The number of rotatable bonds is 2. The number of hydrogen-bond acceptors (Lipinski definition) is 2. The number of ether oxygens (including phenoxy) is 1. The second-order valence-corrected chi connectivity index (χ2v) is 4.54. The summed E-state index contributed by atoms with van der Waals surface area (Å²) in [5.74, 6) is 1.24. The molecule has 2 rings (SSSR count). The zero-order valence-corrected chi connectivity index (χ0v) is 11.0. The third kappa shape index (κ3) is 2.64. The first-order valence-electron chi connectivity index (χ1n) is 5.55. The summed E-state index contributed by atoms with van der Waals surface area (Å²) < 4.78 is 5.71. The molecular formula is C15H12ClNO. The highest BCUT2D eigenvalue weighted by Crippen LogP contribution is 2.28. The van der Waals surface area contributed by atoms with Gasteiger partial charge in [0.1, 0.15) is 17.6 Å². The average molecular weight is 258 g/mol. The van der Waals surface area contributed by atoms with E-state index >= 15 is 0 Å². The molecule has 2 aromatic rings. The molecule has 0 spiro atoms. The Kier molecular flexibility index (Phi) is 3.55. The van der Waals surface area contributed by atoms with Crippen LogP contribution < -0.4 is 4.74 Å². The highest BCUT2D eigenvalue weighted by Gasteiger charge is 2.06. The predicted molar refractivity (Wildman–Crippen MR) is 72.2 cm³/mol. The number of nitrogens with zero attached hydrogens (tertiary/aromatic N) is 1. The fourth-order valence-corrected chi connectivity index (χ4v) is 1.76. The van der Waals surface area contributed by atoms with Crippen molar-refractivity contribution in [3.63, 3.8) is 0 Å². The van der Waals surface area contributed by atoms with Gasteiger partial charge in [-0.25, -0.2) is 0 Å². The summed E-state index contributed by atoms with van der Waals surface area (Å²) in [5, 5.41) is 9.56. The molecule has 0 atom stereocenters. The van der Waals surface area contributed by atoms with Crippen molar-refractivity contribution < 1.29 is 4.74 Å². The molecular weight excluding hydrogens is 246 g/mol. The van der Waals surface area contributed by atoms with E-state index in [4.69, 9.17) is 21.6 Å². The van der Waals surface area contributed by atoms with Crippen LogP contribution in [0, 0.1) is 25.2 Å². The fourth-order valence-electron chi connectivity index (χ4n) is 1.58. The van der Waals surface area contributed by atoms with E-state index in [2.05, 4.69) is 6.07 Å². The van der Waals surface area contributed by atoms with E-state index in [1.54, 1.807) is 18.2 Å². The Morgan fingerprint density at radius 2 is 1.83 bits per heavy atom. The lowest BCUT2D eigenvalue weighted by molar-refractivity contribution is 0.480. The monoisotopic (exact) mass is 257 g/mol. The van der Waals surface area contributed by atoms with Gasteiger partial charge in [-0.1, -0.05) is 17.7 Å². The molecule has 2 aromatic carbocycles. The number of aryl methyl sites for hydroxylation is 2. The van der Waals surface area contributed by atoms with Gasteiger partial charge in [-0.05, 0) is 55.3 Å². The van der Waals surface area contributed by atoms with Gasteiger partial charge in [0.05, 0.1) is 5.56 Å². The quantitative estimate of drug-likeness (QED) is 0.786. The second-order valence-electron chi connectivity index (χ2n) is 4.10. The summed E-state index contributed by atoms with van der Waals surface area (Å²) in [4.78, 5) is 0. The summed E-state index contributed by atoms with van der Waals surface area (Å²) in [6.45, 7) is 4.07. The van der Waals surface area contributed by atoms with Crippen molar-refractivity contribution in [1.29, 1.82) is 5.26 Å². The Hall–Kier alpha value is -1.98. The highest BCUT2D eigenvalue weighted by atomic mass is 35.5. The van der Waals surface area contributed by atoms with E-state index in [1.807, 2.05) is 32.0 Å². The molecule has 0 radical (unpaired) electrons. The van der Waals surface area contributed by atoms with Gasteiger partial charge in [0, 0.05) is 5.02 Å². The van der Waals surface area contributed by atoms with Gasteiger partial charge >= 0.3 is 0 Å². The number of benzene rings is 2. The van der Waals surface area contributed by atoms with Crippen LogP contribution >= 0.6 is 11.6 Å². The predicted octanol–water partition coefficient (Wildman–Crippen LogP) is 4.62. The number of halogens is 1. The van der Waals surface area contributed by atoms with Crippen LogP contribution in [-0.2, 0) is 0 Å². The van der Waals surface area contributed by atoms with Crippen molar-refractivity contribution in [1.82, 2.24) is 0 Å². The minimum absolute atomic E-state index is 0.431. The van der Waals surface area contributed by atoms with Crippen LogP contribution in [0.1, 0.15) is 16.7 Å². The normalized spacial score (nSPS) is 9.89. The van der Waals surface area contributed by atoms with Crippen molar-refractivity contribution in [3.05, 3.63) is 58.1 Å². The SMILES string of the molecule is Cc1ccc(Oc2ccc(Cl)cc2C#N)cc1C. The maximum absolute atomic E-state index is 9.03. The smallest absolute Gasteiger partial charge is 0.145 e. The lowest BCUT2D eigenvalue weighted by atomic mass is 10.1. The molecule has 0 aliphatic heterocycles. The molecule has 0 fully saturated rings. The topological polar surface area (TPSA) is 33.0 Å². The Bertz CT molecular complexity index is 629. The first-order chi connectivity index (χ1) is 8.60. The maximum Gasteiger partial charge on any atom is 0.145 e. The molecule has 0 saturated heterocycles. The zero-order chi connectivity index (χ0) is 13.1. The van der Waals surface area contributed by atoms with Crippen LogP contribution in [0.15, 0.2) is 36.4 Å². The van der Waals surface area contributed by atoms with E-state index in [0.717, 1.165) is 11.3 Å². The van der Waals surface area contributed by atoms with Crippen molar-refractivity contribution in [3.8, 4) is 17.6 Å². The van der Waals surface area contributed by atoms with Crippen LogP contribution in [0.5, 0.6) is 11.5 Å². The van der Waals surface area contributed by atoms with E-state index in [9.17, 15) is 0 Å². The second kappa shape index (κ2) is 5.12. The first-order valence-corrected chi connectivity index (χ1v) is 5.92. The lowest BCUT2D eigenvalue weighted by Gasteiger charge is -2.09. The van der Waals surface area contributed by atoms with Gasteiger partial charge in [-0.15, -0.1) is 0 Å². The van der Waals surface area contributed by atoms with E-state index < -0.39 is 0 Å². The Morgan fingerprint density at radius 3 is 2.50 bits per heavy atom. The third-order valence-electron chi connectivity index (χ3n) is 2.77. The molecule has 0 aromatic heterocycles. The minimum Gasteiger partial charge on any atom is -0.456 e. The van der Waals surface area contributed by atoms with Gasteiger partial charge < -0.3 is 4.74 Å². The largest absolute Gasteiger partial charge is 0.456 e. The summed E-state index contributed by atoms with van der Waals surface area (Å²) >= 11 is 5.84. The third-order valence-corrected chi connectivity index (χ3v) is 3.00. The fraction of sp³-hybridized carbons (Fsp3) is 0.133. The van der Waals surface area contributed by atoms with Crippen LogP contribution in [0.25, 0.3) is 0 Å². The molecule has 0 heterocycles. The van der Waals surface area contributed by atoms with Crippen molar-refractivity contribution >= 4 is 11.6 Å². The number of hydrogen-bond donors (Lipinski definition) is 0. The zero-order valence-electron chi connectivity index (χ0n) is 10.2. The van der Waals surface area contributed by atoms with Crippen LogP contribution in [0.3, 0.4) is 0 Å². The molecule has 0 amide bonds. The van der Waals surface area contributed by atoms with Crippen LogP contribution in [0.4, 0.5) is 0 Å². The molecule has 0 aliphatic rings. The van der Waals surface area contributed by atoms with E-state index in [0.29, 0.717) is 16.3 Å². The molecule has 0 N–H and O–H groups in total. The minimum atomic E-state index is 0.431. The van der Waals surface area contributed by atoms with Crippen LogP contribution in [-0.4, -0.2) is 0 Å². The van der Waals surface area contributed by atoms with Crippen molar-refractivity contribution in [2.75, 3.05) is 0 Å². The molecule has 0 aliphatic carbocycles. The standard InChI is InChI=1S/C15H12ClNO/c1-10-3-5-14(7-11(10)2)18-15-6-4-13(16)8-12(15)9-17/h3-8H,1-2H3. The molecule has 18 heavy (non-hydrogen) atoms. The summed E-state index contributed by atoms with van der Waals surface area (Å²) in [6, 6.07) is 12.9. The Balaban J connectivity index is 2.34. The van der Waals surface area contributed by atoms with Crippen molar-refractivity contribution in [2.45, 2.75) is 13.8 Å². The highest BCUT2D eigenvalue weighted by molar-refractivity contribution is 6.30. The maximum atomic E-state index is 9.03. The molecule has 0 saturated carbocycles. The van der Waals surface area contributed by atoms with Crippen LogP contribution in [0.2, 0.25) is 5.02 Å². The summed E-state index contributed by atoms with van der Waals surface area (Å²) in [6.07, 6.45) is 0. The molecule has 90 valence electrons. The van der Waals surface area contributed by atoms with Gasteiger partial charge in [-0.2, -0.15) is 5.26 Å². The molecule has 2 nitrogen and oxygen atoms in total. The molecule has 0 unspecified atom stereocenters. The molecule has 3 heteroatoms. The van der Waals surface area contributed by atoms with Gasteiger partial charge in [-0.3, -0.25) is 0 Å². The lowest BCUT2D eigenvalue weighted by Crippen LogP contribution is -1.90. The van der Waals surface area contributed by atoms with Gasteiger partial charge in [0.25, 0.3) is 0 Å². The van der Waals surface area contributed by atoms with Gasteiger partial charge in [0.2, 0.25) is 0 Å². The van der Waals surface area contributed by atoms with E-state index in [-0.39, 0.29) is 0 Å². The first kappa shape index (κ1) is 12.5. The van der Waals surface area contributed by atoms with E-state index in [1.165, 1.54) is 5.56 Å². The van der Waals surface area contributed by atoms with Gasteiger partial charge in [0.15, 0.2) is 0 Å². The average Bonchev–Trinajstić information content (AvgIpc) is 2.36.